The van der Waals surface area contributed by atoms with Gasteiger partial charge in [0.2, 0.25) is 0 Å². The second kappa shape index (κ2) is 4.38. The molecule has 1 aromatic rings. The first-order chi connectivity index (χ1) is 7.43. The van der Waals surface area contributed by atoms with Gasteiger partial charge in [0.15, 0.2) is 0 Å². The van der Waals surface area contributed by atoms with Gasteiger partial charge in [0, 0.05) is 26.4 Å². The zero-order valence-electron chi connectivity index (χ0n) is 8.56. The van der Waals surface area contributed by atoms with Gasteiger partial charge in [-0.05, 0) is 10.4 Å². The van der Waals surface area contributed by atoms with Crippen LogP contribution in [-0.4, -0.2) is 55.9 Å². The number of carbonyl (C=O) groups excluding carboxylic acids is 1. The van der Waals surface area contributed by atoms with E-state index in [2.05, 4.69) is 10.4 Å². The summed E-state index contributed by atoms with van der Waals surface area (Å²) in [7, 11) is 2.89. The standard InChI is InChI=1S/C7H9N5O4/c1-10(2)6(15)12-7(16)11(8-9-12)4-3-5(13)14/h3-4H,1-2H3,(H,13,14). The summed E-state index contributed by atoms with van der Waals surface area (Å²) in [5.41, 5.74) is -0.837. The number of rotatable bonds is 2. The number of aliphatic carboxylic acids is 1. The second-order valence-electron chi connectivity index (χ2n) is 2.95. The number of carboxylic acid groups (broad SMARTS) is 1. The first kappa shape index (κ1) is 11.6. The van der Waals surface area contributed by atoms with Crippen LogP contribution in [-0.2, 0) is 4.79 Å². The lowest BCUT2D eigenvalue weighted by molar-refractivity contribution is -0.131. The van der Waals surface area contributed by atoms with Gasteiger partial charge in [0.25, 0.3) is 0 Å². The number of aromatic nitrogens is 4. The molecule has 1 aromatic heterocycles. The van der Waals surface area contributed by atoms with Gasteiger partial charge in [-0.25, -0.2) is 14.4 Å². The smallest absolute Gasteiger partial charge is 0.376 e. The van der Waals surface area contributed by atoms with Crippen molar-refractivity contribution in [2.24, 2.45) is 0 Å². The molecule has 0 aromatic carbocycles. The van der Waals surface area contributed by atoms with Crippen LogP contribution < -0.4 is 5.69 Å². The van der Waals surface area contributed by atoms with E-state index in [1.807, 2.05) is 0 Å². The predicted molar refractivity (Wildman–Crippen MR) is 51.7 cm³/mol. The highest BCUT2D eigenvalue weighted by Gasteiger charge is 2.14. The van der Waals surface area contributed by atoms with E-state index in [4.69, 9.17) is 5.11 Å². The summed E-state index contributed by atoms with van der Waals surface area (Å²) >= 11 is 0. The van der Waals surface area contributed by atoms with Gasteiger partial charge in [0.05, 0.1) is 0 Å². The SMILES string of the molecule is CN(C)C(=O)n1nnn(C=CC(=O)O)c1=O. The Morgan fingerprint density at radius 3 is 2.50 bits per heavy atom. The number of hydrogen-bond donors (Lipinski definition) is 1. The maximum atomic E-state index is 11.4. The highest BCUT2D eigenvalue weighted by Crippen LogP contribution is 1.83. The minimum Gasteiger partial charge on any atom is -0.478 e. The summed E-state index contributed by atoms with van der Waals surface area (Å²) in [5, 5.41) is 14.9. The first-order valence-corrected chi connectivity index (χ1v) is 4.11. The maximum Gasteiger partial charge on any atom is 0.376 e. The Bertz CT molecular complexity index is 497. The summed E-state index contributed by atoms with van der Waals surface area (Å²) in [6.07, 6.45) is 1.61. The average Bonchev–Trinajstić information content (AvgIpc) is 2.55. The highest BCUT2D eigenvalue weighted by molar-refractivity contribution is 5.82. The van der Waals surface area contributed by atoms with Crippen molar-refractivity contribution in [1.82, 2.24) is 24.7 Å². The summed E-state index contributed by atoms with van der Waals surface area (Å²) in [6, 6.07) is -0.667. The van der Waals surface area contributed by atoms with Crippen molar-refractivity contribution in [2.45, 2.75) is 0 Å². The Morgan fingerprint density at radius 1 is 1.38 bits per heavy atom. The topological polar surface area (TPSA) is 110 Å². The number of nitrogens with zero attached hydrogens (tertiary/aromatic N) is 5. The van der Waals surface area contributed by atoms with E-state index in [0.29, 0.717) is 15.4 Å². The van der Waals surface area contributed by atoms with E-state index in [1.165, 1.54) is 14.1 Å². The van der Waals surface area contributed by atoms with E-state index >= 15 is 0 Å². The van der Waals surface area contributed by atoms with Gasteiger partial charge >= 0.3 is 17.7 Å². The molecule has 9 heteroatoms. The minimum atomic E-state index is -1.24. The maximum absolute atomic E-state index is 11.4. The Morgan fingerprint density at radius 2 is 2.00 bits per heavy atom. The lowest BCUT2D eigenvalue weighted by Crippen LogP contribution is -2.36. The highest BCUT2D eigenvalue weighted by atomic mass is 16.4. The third-order valence-electron chi connectivity index (χ3n) is 1.53. The lowest BCUT2D eigenvalue weighted by Gasteiger charge is -2.06. The third-order valence-corrected chi connectivity index (χ3v) is 1.53. The third kappa shape index (κ3) is 2.32. The molecule has 0 saturated carbocycles. The lowest BCUT2D eigenvalue weighted by atomic mass is 10.6. The molecule has 0 spiro atoms. The zero-order valence-corrected chi connectivity index (χ0v) is 8.56. The molecule has 0 aliphatic heterocycles. The Balaban J connectivity index is 3.07. The molecular weight excluding hydrogens is 218 g/mol. The molecule has 0 radical (unpaired) electrons. The molecule has 0 saturated heterocycles. The molecular formula is C7H9N5O4. The summed E-state index contributed by atoms with van der Waals surface area (Å²) in [6.45, 7) is 0. The van der Waals surface area contributed by atoms with Crippen molar-refractivity contribution in [3.63, 3.8) is 0 Å². The molecule has 1 heterocycles. The van der Waals surface area contributed by atoms with Crippen LogP contribution in [0.4, 0.5) is 4.79 Å². The van der Waals surface area contributed by atoms with E-state index in [9.17, 15) is 14.4 Å². The van der Waals surface area contributed by atoms with Gasteiger partial charge in [-0.15, -0.1) is 4.68 Å². The predicted octanol–water partition coefficient (Wildman–Crippen LogP) is -1.48. The van der Waals surface area contributed by atoms with E-state index in [0.717, 1.165) is 11.1 Å². The molecule has 0 bridgehead atoms. The Kier molecular flexibility index (Phi) is 3.18. The fourth-order valence-corrected chi connectivity index (χ4v) is 0.794. The molecule has 0 aliphatic rings. The van der Waals surface area contributed by atoms with E-state index in [1.54, 1.807) is 0 Å². The number of amides is 1. The van der Waals surface area contributed by atoms with Crippen molar-refractivity contribution in [3.05, 3.63) is 16.6 Å². The molecule has 0 unspecified atom stereocenters. The summed E-state index contributed by atoms with van der Waals surface area (Å²) in [5.74, 6) is -1.24. The van der Waals surface area contributed by atoms with Gasteiger partial charge in [0.1, 0.15) is 0 Å². The molecule has 9 nitrogen and oxygen atoms in total. The van der Waals surface area contributed by atoms with Crippen LogP contribution in [0.2, 0.25) is 0 Å². The van der Waals surface area contributed by atoms with Crippen molar-refractivity contribution < 1.29 is 14.7 Å². The number of carboxylic acids is 1. The molecule has 1 rings (SSSR count). The molecule has 0 atom stereocenters. The normalized spacial score (nSPS) is 10.6. The van der Waals surface area contributed by atoms with Gasteiger partial charge < -0.3 is 10.0 Å². The Hall–Kier alpha value is -2.45. The molecule has 1 N–H and O–H groups in total. The van der Waals surface area contributed by atoms with Crippen LogP contribution >= 0.6 is 0 Å². The molecule has 86 valence electrons. The van der Waals surface area contributed by atoms with Gasteiger partial charge in [-0.2, -0.15) is 4.68 Å². The van der Waals surface area contributed by atoms with Crippen molar-refractivity contribution in [2.75, 3.05) is 14.1 Å². The first-order valence-electron chi connectivity index (χ1n) is 4.11. The second-order valence-corrected chi connectivity index (χ2v) is 2.95. The van der Waals surface area contributed by atoms with E-state index in [-0.39, 0.29) is 0 Å². The number of hydrogen-bond acceptors (Lipinski definition) is 5. The van der Waals surface area contributed by atoms with Crippen LogP contribution in [0, 0.1) is 0 Å². The van der Waals surface area contributed by atoms with Gasteiger partial charge in [-0.1, -0.05) is 0 Å². The van der Waals surface area contributed by atoms with Gasteiger partial charge in [-0.3, -0.25) is 0 Å². The van der Waals surface area contributed by atoms with Crippen molar-refractivity contribution in [1.29, 1.82) is 0 Å². The van der Waals surface area contributed by atoms with Crippen molar-refractivity contribution in [3.8, 4) is 0 Å². The molecule has 0 fully saturated rings. The Labute approximate surface area is 89.2 Å². The summed E-state index contributed by atoms with van der Waals surface area (Å²) < 4.78 is 1.17. The fraction of sp³-hybridized carbons (Fsp3) is 0.286. The molecule has 1 amide bonds. The average molecular weight is 227 g/mol. The van der Waals surface area contributed by atoms with Crippen LogP contribution in [0.15, 0.2) is 10.9 Å². The quantitative estimate of drug-likeness (QED) is 0.487. The van der Waals surface area contributed by atoms with Crippen LogP contribution in [0.5, 0.6) is 0 Å². The van der Waals surface area contributed by atoms with Crippen LogP contribution in [0.25, 0.3) is 6.20 Å². The van der Waals surface area contributed by atoms with Crippen LogP contribution in [0.1, 0.15) is 0 Å². The monoisotopic (exact) mass is 227 g/mol. The molecule has 0 aliphatic carbocycles. The molecule has 16 heavy (non-hydrogen) atoms. The minimum absolute atomic E-state index is 0.520. The van der Waals surface area contributed by atoms with Crippen LogP contribution in [0.3, 0.4) is 0 Å². The zero-order chi connectivity index (χ0) is 12.3. The van der Waals surface area contributed by atoms with Crippen molar-refractivity contribution >= 4 is 18.2 Å². The number of tetrazole rings is 1. The number of carbonyl (C=O) groups is 2. The largest absolute Gasteiger partial charge is 0.478 e. The fourth-order valence-electron chi connectivity index (χ4n) is 0.794. The van der Waals surface area contributed by atoms with E-state index < -0.39 is 17.7 Å². The summed E-state index contributed by atoms with van der Waals surface area (Å²) in [4.78, 5) is 34.1.